The number of benzene rings is 3. The number of carboxylic acids is 2. The third kappa shape index (κ3) is 7.16. The zero-order valence-corrected chi connectivity index (χ0v) is 22.6. The maximum Gasteiger partial charge on any atom is 0.414 e. The molecule has 2 bridgehead atoms. The van der Waals surface area contributed by atoms with Gasteiger partial charge in [-0.15, -0.1) is 0 Å². The molecule has 196 valence electrons. The summed E-state index contributed by atoms with van der Waals surface area (Å²) in [6, 6.07) is 32.1. The molecule has 7 nitrogen and oxygen atoms in total. The largest absolute Gasteiger partial charge is 0.473 e. The van der Waals surface area contributed by atoms with Crippen molar-refractivity contribution in [1.29, 1.82) is 0 Å². The van der Waals surface area contributed by atoms with Crippen LogP contribution in [0.2, 0.25) is 0 Å². The number of nitrogens with zero attached hydrogens (tertiary/aromatic N) is 1. The van der Waals surface area contributed by atoms with Crippen molar-refractivity contribution in [1.82, 2.24) is 10.2 Å². The SMILES string of the molecule is Ic1ccccc1CNC1C2CCN(CC2)C1C(c1ccccc1)c1ccccc1.O.O=C(O)C(=O)O. The fourth-order valence-electron chi connectivity index (χ4n) is 5.57. The molecule has 0 spiro atoms. The summed E-state index contributed by atoms with van der Waals surface area (Å²) in [5.41, 5.74) is 4.27. The molecule has 8 heteroatoms. The van der Waals surface area contributed by atoms with Crippen LogP contribution in [0.1, 0.15) is 35.4 Å². The lowest BCUT2D eigenvalue weighted by molar-refractivity contribution is -0.159. The van der Waals surface area contributed by atoms with Crippen LogP contribution >= 0.6 is 22.6 Å². The quantitative estimate of drug-likeness (QED) is 0.285. The van der Waals surface area contributed by atoms with Gasteiger partial charge < -0.3 is 21.0 Å². The van der Waals surface area contributed by atoms with Gasteiger partial charge in [0.05, 0.1) is 0 Å². The van der Waals surface area contributed by atoms with Crippen molar-refractivity contribution in [3.63, 3.8) is 0 Å². The minimum atomic E-state index is -1.82. The van der Waals surface area contributed by atoms with Crippen molar-refractivity contribution in [2.45, 2.75) is 37.4 Å². The number of carbonyl (C=O) groups is 2. The predicted molar refractivity (Wildman–Crippen MR) is 151 cm³/mol. The second-order valence-electron chi connectivity index (χ2n) is 9.27. The van der Waals surface area contributed by atoms with E-state index in [1.165, 1.54) is 46.2 Å². The number of rotatable bonds is 6. The molecule has 0 aliphatic carbocycles. The number of aliphatic carboxylic acids is 2. The average molecular weight is 616 g/mol. The van der Waals surface area contributed by atoms with Crippen molar-refractivity contribution >= 4 is 34.5 Å². The second-order valence-corrected chi connectivity index (χ2v) is 10.4. The van der Waals surface area contributed by atoms with Gasteiger partial charge in [-0.05, 0) is 77.2 Å². The Kier molecular flexibility index (Phi) is 10.6. The Balaban J connectivity index is 0.000000489. The van der Waals surface area contributed by atoms with Crippen molar-refractivity contribution in [2.24, 2.45) is 5.92 Å². The van der Waals surface area contributed by atoms with E-state index in [0.29, 0.717) is 18.0 Å². The van der Waals surface area contributed by atoms with Gasteiger partial charge in [0.2, 0.25) is 0 Å². The van der Waals surface area contributed by atoms with E-state index in [1.807, 2.05) is 0 Å². The predicted octanol–water partition coefficient (Wildman–Crippen LogP) is 4.01. The fourth-order valence-corrected chi connectivity index (χ4v) is 6.14. The van der Waals surface area contributed by atoms with Crippen molar-refractivity contribution in [3.05, 3.63) is 105 Å². The lowest BCUT2D eigenvalue weighted by Crippen LogP contribution is -2.64. The Labute approximate surface area is 231 Å². The van der Waals surface area contributed by atoms with Gasteiger partial charge in [0, 0.05) is 28.1 Å². The van der Waals surface area contributed by atoms with E-state index in [2.05, 4.69) is 118 Å². The van der Waals surface area contributed by atoms with Crippen LogP contribution < -0.4 is 5.32 Å². The molecule has 3 aromatic carbocycles. The molecule has 5 N–H and O–H groups in total. The first-order valence-electron chi connectivity index (χ1n) is 12.2. The summed E-state index contributed by atoms with van der Waals surface area (Å²) in [5.74, 6) is -2.50. The maximum atomic E-state index is 9.10. The molecule has 0 amide bonds. The molecule has 3 fully saturated rings. The van der Waals surface area contributed by atoms with E-state index < -0.39 is 11.9 Å². The molecular formula is C29H33IN2O5. The molecule has 0 aromatic heterocycles. The molecule has 3 saturated heterocycles. The van der Waals surface area contributed by atoms with Gasteiger partial charge >= 0.3 is 11.9 Å². The molecule has 6 rings (SSSR count). The number of hydrogen-bond donors (Lipinski definition) is 3. The molecule has 3 aliphatic heterocycles. The van der Waals surface area contributed by atoms with Crippen molar-refractivity contribution in [2.75, 3.05) is 13.1 Å². The molecular weight excluding hydrogens is 583 g/mol. The van der Waals surface area contributed by atoms with E-state index in [1.54, 1.807) is 0 Å². The minimum absolute atomic E-state index is 0. The van der Waals surface area contributed by atoms with Crippen LogP contribution in [0.5, 0.6) is 0 Å². The topological polar surface area (TPSA) is 121 Å². The Bertz CT molecular complexity index is 1100. The van der Waals surface area contributed by atoms with Gasteiger partial charge in [0.25, 0.3) is 0 Å². The number of fused-ring (bicyclic) bond motifs is 3. The summed E-state index contributed by atoms with van der Waals surface area (Å²) in [5, 5.41) is 18.8. The van der Waals surface area contributed by atoms with Crippen molar-refractivity contribution in [3.8, 4) is 0 Å². The van der Waals surface area contributed by atoms with Gasteiger partial charge in [0.1, 0.15) is 0 Å². The fraction of sp³-hybridized carbons (Fsp3) is 0.310. The number of halogens is 1. The highest BCUT2D eigenvalue weighted by Crippen LogP contribution is 2.42. The van der Waals surface area contributed by atoms with Gasteiger partial charge in [-0.1, -0.05) is 78.9 Å². The highest BCUT2D eigenvalue weighted by Gasteiger charge is 2.46. The van der Waals surface area contributed by atoms with Crippen LogP contribution in [0.25, 0.3) is 0 Å². The molecule has 3 aromatic rings. The number of hydrogen-bond acceptors (Lipinski definition) is 4. The lowest BCUT2D eigenvalue weighted by atomic mass is 9.70. The first-order valence-corrected chi connectivity index (χ1v) is 13.3. The molecule has 37 heavy (non-hydrogen) atoms. The summed E-state index contributed by atoms with van der Waals surface area (Å²) in [4.78, 5) is 21.0. The first-order chi connectivity index (χ1) is 17.5. The van der Waals surface area contributed by atoms with Crippen LogP contribution in [0, 0.1) is 9.49 Å². The van der Waals surface area contributed by atoms with Gasteiger partial charge in [-0.2, -0.15) is 0 Å². The Morgan fingerprint density at radius 2 is 1.32 bits per heavy atom. The first kappa shape index (κ1) is 28.8. The zero-order chi connectivity index (χ0) is 25.5. The van der Waals surface area contributed by atoms with Crippen LogP contribution in [-0.2, 0) is 16.1 Å². The standard InChI is InChI=1S/C27H29IN2.C2H2O4.H2O/c28-24-14-8-7-13-23(24)19-29-26-22-15-17-30(18-16-22)27(26)25(20-9-3-1-4-10-20)21-11-5-2-6-12-21;3-1(4)2(5)6;/h1-14,22,25-27,29H,15-19H2;(H,3,4)(H,5,6);1H2. The second kappa shape index (κ2) is 13.7. The van der Waals surface area contributed by atoms with E-state index in [0.717, 1.165) is 12.5 Å². The number of nitrogens with one attached hydrogen (secondary N) is 1. The molecule has 3 heterocycles. The van der Waals surface area contributed by atoms with Gasteiger partial charge in [-0.25, -0.2) is 9.59 Å². The highest BCUT2D eigenvalue weighted by atomic mass is 127. The third-order valence-electron chi connectivity index (χ3n) is 7.20. The van der Waals surface area contributed by atoms with Crippen molar-refractivity contribution < 1.29 is 25.3 Å². The van der Waals surface area contributed by atoms with Gasteiger partial charge in [-0.3, -0.25) is 4.90 Å². The van der Waals surface area contributed by atoms with E-state index in [-0.39, 0.29) is 5.48 Å². The van der Waals surface area contributed by atoms with Crippen LogP contribution in [0.15, 0.2) is 84.9 Å². The average Bonchev–Trinajstić information content (AvgIpc) is 2.91. The lowest BCUT2D eigenvalue weighted by Gasteiger charge is -2.54. The van der Waals surface area contributed by atoms with E-state index in [4.69, 9.17) is 19.8 Å². The Morgan fingerprint density at radius 3 is 1.81 bits per heavy atom. The molecule has 2 unspecified atom stereocenters. The van der Waals surface area contributed by atoms with Crippen LogP contribution in [0.4, 0.5) is 0 Å². The Hall–Kier alpha value is -2.79. The highest BCUT2D eigenvalue weighted by molar-refractivity contribution is 14.1. The van der Waals surface area contributed by atoms with Crippen LogP contribution in [-0.4, -0.2) is 57.7 Å². The molecule has 0 radical (unpaired) electrons. The molecule has 3 aliphatic rings. The Morgan fingerprint density at radius 1 is 0.838 bits per heavy atom. The summed E-state index contributed by atoms with van der Waals surface area (Å²) in [7, 11) is 0. The summed E-state index contributed by atoms with van der Waals surface area (Å²) in [6.45, 7) is 3.40. The third-order valence-corrected chi connectivity index (χ3v) is 8.25. The summed E-state index contributed by atoms with van der Waals surface area (Å²) < 4.78 is 1.35. The van der Waals surface area contributed by atoms with E-state index >= 15 is 0 Å². The number of piperidine rings is 3. The monoisotopic (exact) mass is 616 g/mol. The summed E-state index contributed by atoms with van der Waals surface area (Å²) in [6.07, 6.45) is 2.63. The number of carboxylic acid groups (broad SMARTS) is 2. The zero-order valence-electron chi connectivity index (χ0n) is 20.5. The van der Waals surface area contributed by atoms with Crippen LogP contribution in [0.3, 0.4) is 0 Å². The summed E-state index contributed by atoms with van der Waals surface area (Å²) >= 11 is 2.46. The molecule has 0 saturated carbocycles. The van der Waals surface area contributed by atoms with E-state index in [9.17, 15) is 0 Å². The van der Waals surface area contributed by atoms with Gasteiger partial charge in [0.15, 0.2) is 0 Å². The maximum absolute atomic E-state index is 9.10. The normalized spacial score (nSPS) is 21.9. The minimum Gasteiger partial charge on any atom is -0.473 e. The molecule has 2 atom stereocenters. The smallest absolute Gasteiger partial charge is 0.414 e.